The standard InChI is InChI=1S/C9H16N4OS/c1-5(2)11-8(14)6-7(10)12-15-9(6)13(3)4/h5H,1-4H3,(H2,10,12)(H,11,14). The second-order valence-corrected chi connectivity index (χ2v) is 4.52. The van der Waals surface area contributed by atoms with Crippen molar-refractivity contribution in [3.63, 3.8) is 0 Å². The summed E-state index contributed by atoms with van der Waals surface area (Å²) < 4.78 is 3.98. The molecule has 0 aliphatic heterocycles. The maximum absolute atomic E-state index is 11.8. The topological polar surface area (TPSA) is 71.2 Å². The van der Waals surface area contributed by atoms with E-state index in [4.69, 9.17) is 5.73 Å². The van der Waals surface area contributed by atoms with Gasteiger partial charge in [-0.3, -0.25) is 4.79 Å². The summed E-state index contributed by atoms with van der Waals surface area (Å²) in [6.07, 6.45) is 0. The average Bonchev–Trinajstić information content (AvgIpc) is 2.45. The van der Waals surface area contributed by atoms with E-state index in [1.54, 1.807) is 0 Å². The molecule has 6 heteroatoms. The molecule has 0 saturated heterocycles. The molecule has 3 N–H and O–H groups in total. The molecule has 0 atom stereocenters. The molecule has 0 radical (unpaired) electrons. The van der Waals surface area contributed by atoms with Crippen molar-refractivity contribution in [3.8, 4) is 0 Å². The van der Waals surface area contributed by atoms with E-state index in [1.807, 2.05) is 32.8 Å². The summed E-state index contributed by atoms with van der Waals surface area (Å²) in [5.41, 5.74) is 6.14. The highest BCUT2D eigenvalue weighted by Crippen LogP contribution is 2.28. The lowest BCUT2D eigenvalue weighted by atomic mass is 10.2. The fourth-order valence-electron chi connectivity index (χ4n) is 1.15. The fourth-order valence-corrected chi connectivity index (χ4v) is 1.87. The number of hydrogen-bond acceptors (Lipinski definition) is 5. The Balaban J connectivity index is 3.01. The van der Waals surface area contributed by atoms with Gasteiger partial charge in [0.05, 0.1) is 0 Å². The molecule has 1 aromatic rings. The number of anilines is 2. The van der Waals surface area contributed by atoms with Gasteiger partial charge < -0.3 is 16.0 Å². The van der Waals surface area contributed by atoms with Crippen LogP contribution in [0.2, 0.25) is 0 Å². The summed E-state index contributed by atoms with van der Waals surface area (Å²) in [7, 11) is 3.72. The molecule has 0 aliphatic carbocycles. The van der Waals surface area contributed by atoms with Gasteiger partial charge in [-0.25, -0.2) is 0 Å². The van der Waals surface area contributed by atoms with Crippen LogP contribution in [0.5, 0.6) is 0 Å². The molecule has 1 rings (SSSR count). The van der Waals surface area contributed by atoms with Gasteiger partial charge in [0.25, 0.3) is 5.91 Å². The molecule has 5 nitrogen and oxygen atoms in total. The Labute approximate surface area is 93.4 Å². The molecule has 1 heterocycles. The van der Waals surface area contributed by atoms with Crippen LogP contribution in [0.25, 0.3) is 0 Å². The first-order chi connectivity index (χ1) is 6.93. The number of nitrogens with one attached hydrogen (secondary N) is 1. The second kappa shape index (κ2) is 4.48. The quantitative estimate of drug-likeness (QED) is 0.807. The summed E-state index contributed by atoms with van der Waals surface area (Å²) in [4.78, 5) is 13.6. The van der Waals surface area contributed by atoms with E-state index in [0.717, 1.165) is 5.00 Å². The van der Waals surface area contributed by atoms with Gasteiger partial charge in [-0.2, -0.15) is 4.37 Å². The van der Waals surface area contributed by atoms with Crippen molar-refractivity contribution in [1.82, 2.24) is 9.69 Å². The predicted molar refractivity (Wildman–Crippen MR) is 63.5 cm³/mol. The van der Waals surface area contributed by atoms with E-state index >= 15 is 0 Å². The van der Waals surface area contributed by atoms with Gasteiger partial charge in [-0.15, -0.1) is 0 Å². The zero-order valence-corrected chi connectivity index (χ0v) is 10.2. The highest BCUT2D eigenvalue weighted by molar-refractivity contribution is 7.11. The number of nitrogens with zero attached hydrogens (tertiary/aromatic N) is 2. The van der Waals surface area contributed by atoms with Gasteiger partial charge in [0.1, 0.15) is 10.6 Å². The van der Waals surface area contributed by atoms with Crippen molar-refractivity contribution in [2.45, 2.75) is 19.9 Å². The van der Waals surface area contributed by atoms with Gasteiger partial charge >= 0.3 is 0 Å². The molecule has 0 bridgehead atoms. The van der Waals surface area contributed by atoms with E-state index < -0.39 is 0 Å². The Bertz CT molecular complexity index is 359. The first-order valence-corrected chi connectivity index (χ1v) is 5.44. The lowest BCUT2D eigenvalue weighted by molar-refractivity contribution is 0.0945. The lowest BCUT2D eigenvalue weighted by Crippen LogP contribution is -2.31. The SMILES string of the molecule is CC(C)NC(=O)c1c(N)nsc1N(C)C. The summed E-state index contributed by atoms with van der Waals surface area (Å²) in [6, 6.07) is 0.0896. The van der Waals surface area contributed by atoms with Crippen molar-refractivity contribution in [2.75, 3.05) is 24.7 Å². The van der Waals surface area contributed by atoms with Gasteiger partial charge in [-0.1, -0.05) is 0 Å². The van der Waals surface area contributed by atoms with E-state index in [1.165, 1.54) is 11.5 Å². The normalized spacial score (nSPS) is 10.5. The number of nitrogen functional groups attached to an aromatic ring is 1. The molecular formula is C9H16N4OS. The number of hydrogen-bond donors (Lipinski definition) is 2. The van der Waals surface area contributed by atoms with Crippen molar-refractivity contribution < 1.29 is 4.79 Å². The smallest absolute Gasteiger partial charge is 0.258 e. The Kier molecular flexibility index (Phi) is 3.52. The third-order valence-electron chi connectivity index (χ3n) is 1.75. The zero-order valence-electron chi connectivity index (χ0n) is 9.37. The van der Waals surface area contributed by atoms with E-state index in [0.29, 0.717) is 11.4 Å². The summed E-state index contributed by atoms with van der Waals surface area (Å²) in [5.74, 6) is 0.127. The Morgan fingerprint density at radius 2 is 2.13 bits per heavy atom. The second-order valence-electron chi connectivity index (χ2n) is 3.77. The Morgan fingerprint density at radius 1 is 1.53 bits per heavy atom. The Hall–Kier alpha value is -1.30. The van der Waals surface area contributed by atoms with E-state index in [-0.39, 0.29) is 11.9 Å². The Morgan fingerprint density at radius 3 is 2.60 bits per heavy atom. The molecule has 1 aromatic heterocycles. The number of nitrogens with two attached hydrogens (primary N) is 1. The number of rotatable bonds is 3. The number of amides is 1. The maximum Gasteiger partial charge on any atom is 0.258 e. The predicted octanol–water partition coefficient (Wildman–Crippen LogP) is 0.929. The maximum atomic E-state index is 11.8. The van der Waals surface area contributed by atoms with Gasteiger partial charge in [0.15, 0.2) is 5.82 Å². The summed E-state index contributed by atoms with van der Waals surface area (Å²) in [5, 5.41) is 3.59. The van der Waals surface area contributed by atoms with Crippen LogP contribution >= 0.6 is 11.5 Å². The minimum Gasteiger partial charge on any atom is -0.382 e. The van der Waals surface area contributed by atoms with Crippen molar-refractivity contribution in [2.24, 2.45) is 0 Å². The molecule has 0 saturated carbocycles. The van der Waals surface area contributed by atoms with Gasteiger partial charge in [0.2, 0.25) is 0 Å². The average molecular weight is 228 g/mol. The van der Waals surface area contributed by atoms with Gasteiger partial charge in [0, 0.05) is 20.1 Å². The molecule has 0 unspecified atom stereocenters. The number of carbonyl (C=O) groups excluding carboxylic acids is 1. The van der Waals surface area contributed by atoms with E-state index in [2.05, 4.69) is 9.69 Å². The minimum atomic E-state index is -0.167. The summed E-state index contributed by atoms with van der Waals surface area (Å²) >= 11 is 1.23. The van der Waals surface area contributed by atoms with Crippen LogP contribution in [-0.4, -0.2) is 30.4 Å². The first kappa shape index (κ1) is 11.8. The monoisotopic (exact) mass is 228 g/mol. The van der Waals surface area contributed by atoms with Crippen LogP contribution in [0.3, 0.4) is 0 Å². The van der Waals surface area contributed by atoms with Gasteiger partial charge in [-0.05, 0) is 25.4 Å². The van der Waals surface area contributed by atoms with E-state index in [9.17, 15) is 4.79 Å². The zero-order chi connectivity index (χ0) is 11.6. The largest absolute Gasteiger partial charge is 0.382 e. The molecule has 1 amide bonds. The van der Waals surface area contributed by atoms with Crippen LogP contribution in [0.4, 0.5) is 10.8 Å². The molecule has 0 aliphatic rings. The molecule has 0 fully saturated rings. The van der Waals surface area contributed by atoms with Crippen molar-refractivity contribution >= 4 is 28.3 Å². The molecule has 0 spiro atoms. The summed E-state index contributed by atoms with van der Waals surface area (Å²) in [6.45, 7) is 3.81. The highest BCUT2D eigenvalue weighted by atomic mass is 32.1. The number of aromatic nitrogens is 1. The minimum absolute atomic E-state index is 0.0896. The third kappa shape index (κ3) is 2.59. The van der Waals surface area contributed by atoms with Crippen LogP contribution in [0.15, 0.2) is 0 Å². The molecule has 84 valence electrons. The van der Waals surface area contributed by atoms with Crippen molar-refractivity contribution in [1.29, 1.82) is 0 Å². The van der Waals surface area contributed by atoms with Crippen LogP contribution in [0.1, 0.15) is 24.2 Å². The lowest BCUT2D eigenvalue weighted by Gasteiger charge is -2.13. The number of carbonyl (C=O) groups is 1. The fraction of sp³-hybridized carbons (Fsp3) is 0.556. The highest BCUT2D eigenvalue weighted by Gasteiger charge is 2.20. The molecule has 0 aromatic carbocycles. The third-order valence-corrected chi connectivity index (χ3v) is 2.78. The first-order valence-electron chi connectivity index (χ1n) is 4.66. The van der Waals surface area contributed by atoms with Crippen molar-refractivity contribution in [3.05, 3.63) is 5.56 Å². The molecule has 15 heavy (non-hydrogen) atoms. The van der Waals surface area contributed by atoms with Crippen LogP contribution in [0, 0.1) is 0 Å². The molecular weight excluding hydrogens is 212 g/mol. The van der Waals surface area contributed by atoms with Crippen LogP contribution in [-0.2, 0) is 0 Å². The van der Waals surface area contributed by atoms with Crippen LogP contribution < -0.4 is 16.0 Å².